The number of benzene rings is 3. The van der Waals surface area contributed by atoms with Crippen LogP contribution in [0.15, 0.2) is 60.7 Å². The van der Waals surface area contributed by atoms with Crippen LogP contribution in [-0.4, -0.2) is 38.7 Å². The van der Waals surface area contributed by atoms with Crippen LogP contribution in [-0.2, 0) is 16.1 Å². The molecule has 0 amide bonds. The number of hydrogen-bond acceptors (Lipinski definition) is 5. The van der Waals surface area contributed by atoms with Gasteiger partial charge < -0.3 is 14.2 Å². The average molecular weight is 560 g/mol. The van der Waals surface area contributed by atoms with Crippen molar-refractivity contribution in [2.75, 3.05) is 27.8 Å². The minimum Gasteiger partial charge on any atom is -0.497 e. The van der Waals surface area contributed by atoms with E-state index in [1.54, 1.807) is 19.2 Å². The molecule has 3 aromatic carbocycles. The van der Waals surface area contributed by atoms with Gasteiger partial charge in [0.1, 0.15) is 23.9 Å². The van der Waals surface area contributed by atoms with Crippen molar-refractivity contribution in [2.45, 2.75) is 64.5 Å². The second-order valence-electron chi connectivity index (χ2n) is 12.3. The Morgan fingerprint density at radius 1 is 1.02 bits per heavy atom. The van der Waals surface area contributed by atoms with Gasteiger partial charge in [-0.05, 0) is 109 Å². The third kappa shape index (κ3) is 6.59. The second-order valence-corrected chi connectivity index (χ2v) is 12.3. The Morgan fingerprint density at radius 3 is 2.54 bits per heavy atom. The fourth-order valence-corrected chi connectivity index (χ4v) is 6.64. The maximum absolute atomic E-state index is 15.2. The summed E-state index contributed by atoms with van der Waals surface area (Å²) in [4.78, 5) is 14.5. The number of esters is 1. The van der Waals surface area contributed by atoms with Crippen molar-refractivity contribution < 1.29 is 23.4 Å². The molecule has 1 saturated heterocycles. The number of methoxy groups -OCH3 is 2. The Kier molecular flexibility index (Phi) is 8.69. The first-order chi connectivity index (χ1) is 19.7. The van der Waals surface area contributed by atoms with E-state index in [1.165, 1.54) is 13.2 Å². The summed E-state index contributed by atoms with van der Waals surface area (Å²) in [6.45, 7) is 5.99. The molecule has 3 aromatic rings. The van der Waals surface area contributed by atoms with Crippen LogP contribution in [0.4, 0.5) is 4.39 Å². The molecule has 1 aliphatic heterocycles. The quantitative estimate of drug-likeness (QED) is 0.236. The molecule has 0 bridgehead atoms. The van der Waals surface area contributed by atoms with E-state index in [2.05, 4.69) is 44.0 Å². The first-order valence-electron chi connectivity index (χ1n) is 14.7. The minimum atomic E-state index is -0.263. The molecule has 6 heteroatoms. The molecule has 41 heavy (non-hydrogen) atoms. The number of carbonyl (C=O) groups excluding carboxylic acids is 1. The van der Waals surface area contributed by atoms with Gasteiger partial charge in [0.2, 0.25) is 0 Å². The number of carbonyl (C=O) groups is 1. The summed E-state index contributed by atoms with van der Waals surface area (Å²) in [5.41, 5.74) is 4.69. The highest BCUT2D eigenvalue weighted by atomic mass is 19.1. The zero-order chi connectivity index (χ0) is 29.1. The molecule has 1 unspecified atom stereocenters. The van der Waals surface area contributed by atoms with Crippen LogP contribution < -0.4 is 9.47 Å². The van der Waals surface area contributed by atoms with Crippen molar-refractivity contribution in [3.8, 4) is 22.6 Å². The summed E-state index contributed by atoms with van der Waals surface area (Å²) >= 11 is 0. The van der Waals surface area contributed by atoms with Gasteiger partial charge in [-0.3, -0.25) is 9.69 Å². The van der Waals surface area contributed by atoms with Crippen LogP contribution in [0.5, 0.6) is 11.5 Å². The lowest BCUT2D eigenvalue weighted by Gasteiger charge is -2.46. The van der Waals surface area contributed by atoms with Crippen LogP contribution in [0.1, 0.15) is 74.6 Å². The van der Waals surface area contributed by atoms with Gasteiger partial charge in [0.25, 0.3) is 0 Å². The van der Waals surface area contributed by atoms with E-state index in [4.69, 9.17) is 14.2 Å². The first kappa shape index (κ1) is 29.1. The lowest BCUT2D eigenvalue weighted by Crippen LogP contribution is -2.41. The number of halogens is 1. The van der Waals surface area contributed by atoms with Gasteiger partial charge in [-0.25, -0.2) is 4.39 Å². The lowest BCUT2D eigenvalue weighted by molar-refractivity contribution is -0.141. The van der Waals surface area contributed by atoms with Gasteiger partial charge in [-0.2, -0.15) is 0 Å². The van der Waals surface area contributed by atoms with E-state index in [1.807, 2.05) is 24.3 Å². The Labute approximate surface area is 243 Å². The number of nitrogens with zero attached hydrogens (tertiary/aromatic N) is 1. The summed E-state index contributed by atoms with van der Waals surface area (Å²) in [6, 6.07) is 19.4. The first-order valence-corrected chi connectivity index (χ1v) is 14.7. The number of likely N-dealkylation sites (tertiary alicyclic amines) is 1. The van der Waals surface area contributed by atoms with Gasteiger partial charge in [0.05, 0.1) is 20.6 Å². The largest absolute Gasteiger partial charge is 0.497 e. The summed E-state index contributed by atoms with van der Waals surface area (Å²) < 4.78 is 32.0. The molecule has 0 radical (unpaired) electrons. The fourth-order valence-electron chi connectivity index (χ4n) is 6.64. The van der Waals surface area contributed by atoms with Gasteiger partial charge in [0, 0.05) is 11.6 Å². The molecule has 5 rings (SSSR count). The summed E-state index contributed by atoms with van der Waals surface area (Å²) in [5, 5.41) is 0. The zero-order valence-electron chi connectivity index (χ0n) is 24.9. The third-order valence-corrected chi connectivity index (χ3v) is 8.88. The van der Waals surface area contributed by atoms with Crippen molar-refractivity contribution in [3.05, 3.63) is 83.2 Å². The summed E-state index contributed by atoms with van der Waals surface area (Å²) in [7, 11) is 5.21. The van der Waals surface area contributed by atoms with E-state index in [0.717, 1.165) is 60.2 Å². The number of rotatable bonds is 10. The predicted molar refractivity (Wildman–Crippen MR) is 160 cm³/mol. The molecule has 2 fully saturated rings. The van der Waals surface area contributed by atoms with Gasteiger partial charge in [-0.1, -0.05) is 44.2 Å². The van der Waals surface area contributed by atoms with E-state index in [9.17, 15) is 4.79 Å². The van der Waals surface area contributed by atoms with Crippen LogP contribution in [0, 0.1) is 17.2 Å². The van der Waals surface area contributed by atoms with Crippen molar-refractivity contribution in [2.24, 2.45) is 11.3 Å². The van der Waals surface area contributed by atoms with E-state index >= 15 is 4.39 Å². The topological polar surface area (TPSA) is 48.0 Å². The average Bonchev–Trinajstić information content (AvgIpc) is 3.80. The molecule has 2 atom stereocenters. The highest BCUT2D eigenvalue weighted by Crippen LogP contribution is 2.48. The molecule has 1 aliphatic carbocycles. The van der Waals surface area contributed by atoms with Gasteiger partial charge in [0.15, 0.2) is 0 Å². The van der Waals surface area contributed by atoms with Gasteiger partial charge >= 0.3 is 5.97 Å². The number of piperidine rings is 1. The van der Waals surface area contributed by atoms with Gasteiger partial charge in [-0.15, -0.1) is 0 Å². The molecule has 1 saturated carbocycles. The molecule has 0 N–H and O–H groups in total. The summed E-state index contributed by atoms with van der Waals surface area (Å²) in [5.74, 6) is 1.64. The van der Waals surface area contributed by atoms with Crippen molar-refractivity contribution in [3.63, 3.8) is 0 Å². The molecule has 5 nitrogen and oxygen atoms in total. The van der Waals surface area contributed by atoms with Crippen molar-refractivity contribution in [1.82, 2.24) is 4.90 Å². The van der Waals surface area contributed by atoms with E-state index < -0.39 is 0 Å². The molecule has 2 aliphatic rings. The number of hydrogen-bond donors (Lipinski definition) is 0. The SMILES string of the molecule is COC(=O)C[C@@H](c1cccc(OCc2ccc(-c3cc(OC)ccc3F)c(C3N(C)CCCC3(C)C)c2)c1)C1CC1. The molecule has 218 valence electrons. The molecular weight excluding hydrogens is 517 g/mol. The molecule has 0 spiro atoms. The predicted octanol–water partition coefficient (Wildman–Crippen LogP) is 7.93. The van der Waals surface area contributed by atoms with E-state index in [-0.39, 0.29) is 29.2 Å². The van der Waals surface area contributed by atoms with Crippen LogP contribution in [0.2, 0.25) is 0 Å². The lowest BCUT2D eigenvalue weighted by atomic mass is 9.72. The monoisotopic (exact) mass is 559 g/mol. The molecule has 1 heterocycles. The third-order valence-electron chi connectivity index (χ3n) is 8.88. The fraction of sp³-hybridized carbons (Fsp3) is 0.457. The van der Waals surface area contributed by atoms with Crippen LogP contribution in [0.25, 0.3) is 11.1 Å². The van der Waals surface area contributed by atoms with Crippen molar-refractivity contribution >= 4 is 5.97 Å². The highest BCUT2D eigenvalue weighted by Gasteiger charge is 2.38. The Morgan fingerprint density at radius 2 is 1.83 bits per heavy atom. The molecule has 0 aromatic heterocycles. The smallest absolute Gasteiger partial charge is 0.306 e. The normalized spacial score (nSPS) is 19.4. The molecular formula is C35H42FNO4. The maximum Gasteiger partial charge on any atom is 0.306 e. The number of ether oxygens (including phenoxy) is 3. The highest BCUT2D eigenvalue weighted by molar-refractivity contribution is 5.71. The maximum atomic E-state index is 15.2. The Bertz CT molecular complexity index is 1380. The van der Waals surface area contributed by atoms with Crippen molar-refractivity contribution in [1.29, 1.82) is 0 Å². The minimum absolute atomic E-state index is 0.0162. The Balaban J connectivity index is 1.45. The van der Waals surface area contributed by atoms with E-state index in [0.29, 0.717) is 30.3 Å². The standard InChI is InChI=1S/C35H42FNO4/c1-35(2)16-7-17-37(3)34(35)31-18-23(10-14-28(31)30-20-26(39-4)13-15-32(30)36)22-41-27-9-6-8-25(19-27)29(24-11-12-24)21-33(38)40-5/h6,8-10,13-15,18-20,24,29,34H,7,11-12,16-17,21-22H2,1-5H3/t29-,34?/m1/s1. The zero-order valence-corrected chi connectivity index (χ0v) is 24.9. The summed E-state index contributed by atoms with van der Waals surface area (Å²) in [6.07, 6.45) is 4.91. The Hall–Kier alpha value is -3.38. The van der Waals surface area contributed by atoms with Crippen LogP contribution >= 0.6 is 0 Å². The van der Waals surface area contributed by atoms with Crippen LogP contribution in [0.3, 0.4) is 0 Å². The second kappa shape index (κ2) is 12.2.